The van der Waals surface area contributed by atoms with Crippen LogP contribution < -0.4 is 10.6 Å². The first-order valence-corrected chi connectivity index (χ1v) is 6.19. The fourth-order valence-corrected chi connectivity index (χ4v) is 1.47. The lowest BCUT2D eigenvalue weighted by Gasteiger charge is -2.18. The largest absolute Gasteiger partial charge is 0.393 e. The zero-order valence-corrected chi connectivity index (χ0v) is 10.9. The predicted molar refractivity (Wildman–Crippen MR) is 66.3 cm³/mol. The third-order valence-electron chi connectivity index (χ3n) is 2.52. The van der Waals surface area contributed by atoms with Crippen molar-refractivity contribution in [1.29, 1.82) is 0 Å². The fourth-order valence-electron chi connectivity index (χ4n) is 1.47. The Morgan fingerprint density at radius 1 is 1.25 bits per heavy atom. The Morgan fingerprint density at radius 2 is 1.88 bits per heavy atom. The van der Waals surface area contributed by atoms with Gasteiger partial charge in [0.1, 0.15) is 0 Å². The van der Waals surface area contributed by atoms with Gasteiger partial charge in [-0.2, -0.15) is 0 Å². The molecule has 96 valence electrons. The molecule has 0 spiro atoms. The minimum absolute atomic E-state index is 0.0338. The number of rotatable bonds is 8. The molecule has 4 heteroatoms. The number of carbonyl (C=O) groups excluding carboxylic acids is 1. The summed E-state index contributed by atoms with van der Waals surface area (Å²) < 4.78 is 0. The Labute approximate surface area is 98.8 Å². The third kappa shape index (κ3) is 7.65. The van der Waals surface area contributed by atoms with Crippen molar-refractivity contribution in [2.24, 2.45) is 0 Å². The Morgan fingerprint density at radius 3 is 2.38 bits per heavy atom. The molecule has 0 saturated carbocycles. The van der Waals surface area contributed by atoms with Crippen LogP contribution in [0, 0.1) is 0 Å². The van der Waals surface area contributed by atoms with Gasteiger partial charge in [0, 0.05) is 6.04 Å². The smallest absolute Gasteiger partial charge is 0.237 e. The fraction of sp³-hybridized carbons (Fsp3) is 0.917. The number of aliphatic hydroxyl groups excluding tert-OH is 1. The molecule has 0 aliphatic carbocycles. The standard InChI is InChI=1S/C12H26N2O2/c1-5-6-9(2)14-12(16)11(4)13-8-7-10(3)15/h9-11,13,15H,5-8H2,1-4H3,(H,14,16). The Bertz CT molecular complexity index is 195. The van der Waals surface area contributed by atoms with E-state index in [1.54, 1.807) is 6.92 Å². The van der Waals surface area contributed by atoms with Crippen LogP contribution >= 0.6 is 0 Å². The van der Waals surface area contributed by atoms with Gasteiger partial charge in [-0.05, 0) is 40.2 Å². The Balaban J connectivity index is 3.72. The van der Waals surface area contributed by atoms with Crippen LogP contribution in [0.1, 0.15) is 47.0 Å². The summed E-state index contributed by atoms with van der Waals surface area (Å²) in [5.74, 6) is 0.0338. The van der Waals surface area contributed by atoms with E-state index in [0.29, 0.717) is 13.0 Å². The van der Waals surface area contributed by atoms with Crippen LogP contribution in [0.25, 0.3) is 0 Å². The normalized spacial score (nSPS) is 16.6. The maximum Gasteiger partial charge on any atom is 0.237 e. The van der Waals surface area contributed by atoms with Gasteiger partial charge in [0.2, 0.25) is 5.91 Å². The summed E-state index contributed by atoms with van der Waals surface area (Å²) in [5, 5.41) is 15.1. The van der Waals surface area contributed by atoms with Crippen LogP contribution in [0.3, 0.4) is 0 Å². The third-order valence-corrected chi connectivity index (χ3v) is 2.52. The maximum absolute atomic E-state index is 11.7. The molecule has 0 fully saturated rings. The zero-order chi connectivity index (χ0) is 12.6. The molecule has 0 rings (SSSR count). The van der Waals surface area contributed by atoms with Crippen LogP contribution in [-0.2, 0) is 4.79 Å². The lowest BCUT2D eigenvalue weighted by Crippen LogP contribution is -2.45. The number of nitrogens with one attached hydrogen (secondary N) is 2. The van der Waals surface area contributed by atoms with Crippen LogP contribution in [-0.4, -0.2) is 35.7 Å². The first kappa shape index (κ1) is 15.4. The predicted octanol–water partition coefficient (Wildman–Crippen LogP) is 1.04. The summed E-state index contributed by atoms with van der Waals surface area (Å²) in [7, 11) is 0. The van der Waals surface area contributed by atoms with Gasteiger partial charge in [-0.3, -0.25) is 4.79 Å². The summed E-state index contributed by atoms with van der Waals surface area (Å²) in [6.45, 7) is 8.37. The molecule has 0 aromatic carbocycles. The van der Waals surface area contributed by atoms with Gasteiger partial charge in [-0.1, -0.05) is 13.3 Å². The molecule has 0 aliphatic rings. The molecule has 0 aliphatic heterocycles. The molecule has 0 aromatic heterocycles. The molecule has 0 aromatic rings. The van der Waals surface area contributed by atoms with Crippen LogP contribution in [0.2, 0.25) is 0 Å². The van der Waals surface area contributed by atoms with Gasteiger partial charge in [0.25, 0.3) is 0 Å². The highest BCUT2D eigenvalue weighted by Gasteiger charge is 2.13. The van der Waals surface area contributed by atoms with E-state index in [1.165, 1.54) is 0 Å². The second-order valence-electron chi connectivity index (χ2n) is 4.51. The summed E-state index contributed by atoms with van der Waals surface area (Å²) in [4.78, 5) is 11.7. The van der Waals surface area contributed by atoms with Crippen LogP contribution in [0.15, 0.2) is 0 Å². The second kappa shape index (κ2) is 8.53. The minimum Gasteiger partial charge on any atom is -0.393 e. The molecule has 3 N–H and O–H groups in total. The molecule has 0 heterocycles. The molecule has 3 atom stereocenters. The Hall–Kier alpha value is -0.610. The molecular weight excluding hydrogens is 204 g/mol. The number of carbonyl (C=O) groups is 1. The molecular formula is C12H26N2O2. The van der Waals surface area contributed by atoms with Crippen molar-refractivity contribution in [2.45, 2.75) is 65.1 Å². The Kier molecular flexibility index (Phi) is 8.21. The van der Waals surface area contributed by atoms with Gasteiger partial charge >= 0.3 is 0 Å². The number of hydrogen-bond donors (Lipinski definition) is 3. The average Bonchev–Trinajstić information content (AvgIpc) is 2.17. The summed E-state index contributed by atoms with van der Waals surface area (Å²) >= 11 is 0. The SMILES string of the molecule is CCCC(C)NC(=O)C(C)NCCC(C)O. The summed E-state index contributed by atoms with van der Waals surface area (Å²) in [6.07, 6.45) is 2.43. The van der Waals surface area contributed by atoms with Crippen molar-refractivity contribution in [3.8, 4) is 0 Å². The molecule has 3 unspecified atom stereocenters. The van der Waals surface area contributed by atoms with Gasteiger partial charge in [-0.25, -0.2) is 0 Å². The second-order valence-corrected chi connectivity index (χ2v) is 4.51. The first-order chi connectivity index (χ1) is 7.47. The average molecular weight is 230 g/mol. The molecule has 0 saturated heterocycles. The van der Waals surface area contributed by atoms with Crippen molar-refractivity contribution in [1.82, 2.24) is 10.6 Å². The van der Waals surface area contributed by atoms with Crippen LogP contribution in [0.4, 0.5) is 0 Å². The highest BCUT2D eigenvalue weighted by atomic mass is 16.3. The number of aliphatic hydroxyl groups is 1. The number of hydrogen-bond acceptors (Lipinski definition) is 3. The highest BCUT2D eigenvalue weighted by molar-refractivity contribution is 5.81. The monoisotopic (exact) mass is 230 g/mol. The summed E-state index contributed by atoms with van der Waals surface area (Å²) in [5.41, 5.74) is 0. The molecule has 0 bridgehead atoms. The van der Waals surface area contributed by atoms with E-state index >= 15 is 0 Å². The quantitative estimate of drug-likeness (QED) is 0.584. The lowest BCUT2D eigenvalue weighted by atomic mass is 10.2. The van der Waals surface area contributed by atoms with Crippen molar-refractivity contribution in [3.05, 3.63) is 0 Å². The van der Waals surface area contributed by atoms with E-state index in [9.17, 15) is 4.79 Å². The minimum atomic E-state index is -0.318. The van der Waals surface area contributed by atoms with Crippen molar-refractivity contribution in [3.63, 3.8) is 0 Å². The number of amides is 1. The lowest BCUT2D eigenvalue weighted by molar-refractivity contribution is -0.123. The van der Waals surface area contributed by atoms with E-state index in [-0.39, 0.29) is 24.1 Å². The van der Waals surface area contributed by atoms with Gasteiger partial charge in [-0.15, -0.1) is 0 Å². The first-order valence-electron chi connectivity index (χ1n) is 6.19. The van der Waals surface area contributed by atoms with Gasteiger partial charge in [0.15, 0.2) is 0 Å². The molecule has 16 heavy (non-hydrogen) atoms. The van der Waals surface area contributed by atoms with Crippen molar-refractivity contribution < 1.29 is 9.90 Å². The maximum atomic E-state index is 11.7. The van der Waals surface area contributed by atoms with Crippen molar-refractivity contribution >= 4 is 5.91 Å². The highest BCUT2D eigenvalue weighted by Crippen LogP contribution is 1.96. The molecule has 4 nitrogen and oxygen atoms in total. The van der Waals surface area contributed by atoms with E-state index in [2.05, 4.69) is 17.6 Å². The van der Waals surface area contributed by atoms with E-state index in [0.717, 1.165) is 12.8 Å². The van der Waals surface area contributed by atoms with Gasteiger partial charge < -0.3 is 15.7 Å². The summed E-state index contributed by atoms with van der Waals surface area (Å²) in [6, 6.07) is 0.0385. The topological polar surface area (TPSA) is 61.4 Å². The van der Waals surface area contributed by atoms with E-state index in [4.69, 9.17) is 5.11 Å². The van der Waals surface area contributed by atoms with Crippen LogP contribution in [0.5, 0.6) is 0 Å². The zero-order valence-electron chi connectivity index (χ0n) is 10.9. The van der Waals surface area contributed by atoms with E-state index in [1.807, 2.05) is 13.8 Å². The van der Waals surface area contributed by atoms with Gasteiger partial charge in [0.05, 0.1) is 12.1 Å². The molecule has 1 amide bonds. The van der Waals surface area contributed by atoms with E-state index < -0.39 is 0 Å². The molecule has 0 radical (unpaired) electrons. The van der Waals surface area contributed by atoms with Crippen molar-refractivity contribution in [2.75, 3.05) is 6.54 Å².